The molecule has 9 heteroatoms. The van der Waals surface area contributed by atoms with Crippen LogP contribution < -0.4 is 26.2 Å². The third-order valence-electron chi connectivity index (χ3n) is 5.57. The number of hydrogen-bond donors (Lipinski definition) is 4. The van der Waals surface area contributed by atoms with Gasteiger partial charge in [-0.05, 0) is 37.1 Å². The Labute approximate surface area is 173 Å². The second-order valence-electron chi connectivity index (χ2n) is 7.68. The SMILES string of the molecule is COc1ccc(Nc2nc3c(c(=O)[nH]2)[C@@H](C(=O)NC2CCCCC2)CC(=O)N3)cc1. The summed E-state index contributed by atoms with van der Waals surface area (Å²) in [5.74, 6) is -0.471. The van der Waals surface area contributed by atoms with Gasteiger partial charge < -0.3 is 20.7 Å². The monoisotopic (exact) mass is 411 g/mol. The van der Waals surface area contributed by atoms with Crippen molar-refractivity contribution in [2.75, 3.05) is 17.7 Å². The molecule has 0 unspecified atom stereocenters. The summed E-state index contributed by atoms with van der Waals surface area (Å²) in [5, 5.41) is 8.64. The molecule has 1 aromatic carbocycles. The molecule has 0 spiro atoms. The largest absolute Gasteiger partial charge is 0.497 e. The van der Waals surface area contributed by atoms with Gasteiger partial charge in [-0.1, -0.05) is 19.3 Å². The molecule has 1 aliphatic heterocycles. The van der Waals surface area contributed by atoms with Crippen LogP contribution in [-0.4, -0.2) is 34.9 Å². The maximum atomic E-state index is 12.9. The third kappa shape index (κ3) is 4.29. The molecule has 2 aromatic rings. The third-order valence-corrected chi connectivity index (χ3v) is 5.57. The van der Waals surface area contributed by atoms with Crippen LogP contribution in [0.4, 0.5) is 17.5 Å². The molecule has 0 bridgehead atoms. The minimum Gasteiger partial charge on any atom is -0.497 e. The fourth-order valence-electron chi connectivity index (χ4n) is 4.01. The van der Waals surface area contributed by atoms with Crippen LogP contribution >= 0.6 is 0 Å². The van der Waals surface area contributed by atoms with Crippen LogP contribution in [0.2, 0.25) is 0 Å². The highest BCUT2D eigenvalue weighted by Crippen LogP contribution is 2.30. The number of methoxy groups -OCH3 is 1. The summed E-state index contributed by atoms with van der Waals surface area (Å²) in [5.41, 5.74) is 0.440. The number of ether oxygens (including phenoxy) is 1. The van der Waals surface area contributed by atoms with Crippen LogP contribution in [0.5, 0.6) is 5.75 Å². The molecular formula is C21H25N5O4. The molecule has 4 N–H and O–H groups in total. The Balaban J connectivity index is 1.57. The topological polar surface area (TPSA) is 125 Å². The van der Waals surface area contributed by atoms with Gasteiger partial charge in [0.2, 0.25) is 17.8 Å². The molecule has 4 rings (SSSR count). The summed E-state index contributed by atoms with van der Waals surface area (Å²) < 4.78 is 5.13. The van der Waals surface area contributed by atoms with E-state index in [-0.39, 0.29) is 41.6 Å². The van der Waals surface area contributed by atoms with E-state index in [1.807, 2.05) is 0 Å². The van der Waals surface area contributed by atoms with E-state index in [1.54, 1.807) is 31.4 Å². The Kier molecular flexibility index (Phi) is 5.69. The van der Waals surface area contributed by atoms with E-state index >= 15 is 0 Å². The fourth-order valence-corrected chi connectivity index (χ4v) is 4.01. The second-order valence-corrected chi connectivity index (χ2v) is 7.68. The van der Waals surface area contributed by atoms with Crippen LogP contribution in [0.15, 0.2) is 29.1 Å². The Bertz CT molecular complexity index is 995. The van der Waals surface area contributed by atoms with E-state index in [1.165, 1.54) is 6.42 Å². The van der Waals surface area contributed by atoms with Crippen molar-refractivity contribution < 1.29 is 14.3 Å². The molecule has 158 valence electrons. The number of benzene rings is 1. The normalized spacial score (nSPS) is 18.8. The molecule has 30 heavy (non-hydrogen) atoms. The minimum absolute atomic E-state index is 0.0679. The number of aromatic nitrogens is 2. The Morgan fingerprint density at radius 1 is 1.13 bits per heavy atom. The zero-order chi connectivity index (χ0) is 21.1. The highest BCUT2D eigenvalue weighted by Gasteiger charge is 2.35. The van der Waals surface area contributed by atoms with Crippen LogP contribution in [0, 0.1) is 0 Å². The summed E-state index contributed by atoms with van der Waals surface area (Å²) in [6, 6.07) is 7.19. The van der Waals surface area contributed by atoms with Gasteiger partial charge in [-0.15, -0.1) is 0 Å². The molecular weight excluding hydrogens is 386 g/mol. The lowest BCUT2D eigenvalue weighted by Gasteiger charge is -2.27. The summed E-state index contributed by atoms with van der Waals surface area (Å²) in [6.07, 6.45) is 5.12. The highest BCUT2D eigenvalue weighted by molar-refractivity contribution is 6.00. The maximum Gasteiger partial charge on any atom is 0.258 e. The lowest BCUT2D eigenvalue weighted by atomic mass is 9.90. The smallest absolute Gasteiger partial charge is 0.258 e. The lowest BCUT2D eigenvalue weighted by Crippen LogP contribution is -2.43. The number of aromatic amines is 1. The number of carbonyl (C=O) groups excluding carboxylic acids is 2. The van der Waals surface area contributed by atoms with Crippen LogP contribution in [0.25, 0.3) is 0 Å². The summed E-state index contributed by atoms with van der Waals surface area (Å²) in [7, 11) is 1.58. The van der Waals surface area contributed by atoms with E-state index in [0.29, 0.717) is 11.4 Å². The van der Waals surface area contributed by atoms with E-state index in [9.17, 15) is 14.4 Å². The Morgan fingerprint density at radius 3 is 2.57 bits per heavy atom. The minimum atomic E-state index is -0.845. The number of nitrogens with zero attached hydrogens (tertiary/aromatic N) is 1. The quantitative estimate of drug-likeness (QED) is 0.599. The fraction of sp³-hybridized carbons (Fsp3) is 0.429. The van der Waals surface area contributed by atoms with E-state index in [0.717, 1.165) is 25.7 Å². The number of H-pyrrole nitrogens is 1. The zero-order valence-corrected chi connectivity index (χ0v) is 16.8. The first-order valence-electron chi connectivity index (χ1n) is 10.2. The predicted molar refractivity (Wildman–Crippen MR) is 112 cm³/mol. The van der Waals surface area contributed by atoms with Gasteiger partial charge in [0.25, 0.3) is 5.56 Å². The number of fused-ring (bicyclic) bond motifs is 1. The summed E-state index contributed by atoms with van der Waals surface area (Å²) in [4.78, 5) is 44.9. The average molecular weight is 411 g/mol. The molecule has 1 aliphatic carbocycles. The number of amides is 2. The molecule has 1 fully saturated rings. The first-order valence-corrected chi connectivity index (χ1v) is 10.2. The molecule has 2 aliphatic rings. The van der Waals surface area contributed by atoms with Crippen LogP contribution in [-0.2, 0) is 9.59 Å². The predicted octanol–water partition coefficient (Wildman–Crippen LogP) is 2.40. The first kappa shape index (κ1) is 19.9. The lowest BCUT2D eigenvalue weighted by molar-refractivity contribution is -0.127. The van der Waals surface area contributed by atoms with Crippen molar-refractivity contribution in [1.29, 1.82) is 0 Å². The van der Waals surface area contributed by atoms with Crippen molar-refractivity contribution in [2.24, 2.45) is 0 Å². The van der Waals surface area contributed by atoms with Crippen molar-refractivity contribution in [3.8, 4) is 5.75 Å². The van der Waals surface area contributed by atoms with E-state index < -0.39 is 11.5 Å². The standard InChI is InChI=1S/C21H25N5O4/c1-30-14-9-7-13(8-10-14)23-21-25-18-17(20(29)26-21)15(11-16(27)24-18)19(28)22-12-5-3-2-4-6-12/h7-10,12,15H,2-6,11H2,1H3,(H,22,28)(H3,23,24,25,26,27,29)/t15-/m0/s1. The van der Waals surface area contributed by atoms with Crippen molar-refractivity contribution in [2.45, 2.75) is 50.5 Å². The number of hydrogen-bond acceptors (Lipinski definition) is 6. The molecule has 1 aromatic heterocycles. The van der Waals surface area contributed by atoms with Gasteiger partial charge in [-0.25, -0.2) is 0 Å². The van der Waals surface area contributed by atoms with Gasteiger partial charge in [0.05, 0.1) is 18.6 Å². The van der Waals surface area contributed by atoms with E-state index in [4.69, 9.17) is 4.74 Å². The summed E-state index contributed by atoms with van der Waals surface area (Å²) in [6.45, 7) is 0. The van der Waals surface area contributed by atoms with Gasteiger partial charge >= 0.3 is 0 Å². The highest BCUT2D eigenvalue weighted by atomic mass is 16.5. The molecule has 1 saturated carbocycles. The van der Waals surface area contributed by atoms with Crippen molar-refractivity contribution >= 4 is 29.3 Å². The number of anilines is 3. The van der Waals surface area contributed by atoms with Crippen molar-refractivity contribution in [3.05, 3.63) is 40.2 Å². The average Bonchev–Trinajstić information content (AvgIpc) is 2.74. The van der Waals surface area contributed by atoms with Gasteiger partial charge in [-0.3, -0.25) is 19.4 Å². The van der Waals surface area contributed by atoms with Crippen LogP contribution in [0.1, 0.15) is 50.0 Å². The van der Waals surface area contributed by atoms with Gasteiger partial charge in [0.1, 0.15) is 11.6 Å². The zero-order valence-electron chi connectivity index (χ0n) is 16.8. The van der Waals surface area contributed by atoms with Crippen molar-refractivity contribution in [1.82, 2.24) is 15.3 Å². The maximum absolute atomic E-state index is 12.9. The number of rotatable bonds is 5. The van der Waals surface area contributed by atoms with Gasteiger partial charge in [0, 0.05) is 18.2 Å². The molecule has 1 atom stereocenters. The number of carbonyl (C=O) groups is 2. The van der Waals surface area contributed by atoms with Crippen molar-refractivity contribution in [3.63, 3.8) is 0 Å². The molecule has 9 nitrogen and oxygen atoms in total. The van der Waals surface area contributed by atoms with Crippen LogP contribution in [0.3, 0.4) is 0 Å². The molecule has 2 heterocycles. The van der Waals surface area contributed by atoms with Gasteiger partial charge in [0.15, 0.2) is 0 Å². The molecule has 2 amide bonds. The second kappa shape index (κ2) is 8.56. The van der Waals surface area contributed by atoms with E-state index in [2.05, 4.69) is 25.9 Å². The first-order chi connectivity index (χ1) is 14.5. The Morgan fingerprint density at radius 2 is 1.87 bits per heavy atom. The molecule has 0 saturated heterocycles. The number of nitrogens with one attached hydrogen (secondary N) is 4. The Hall–Kier alpha value is -3.36. The van der Waals surface area contributed by atoms with Gasteiger partial charge in [-0.2, -0.15) is 4.98 Å². The summed E-state index contributed by atoms with van der Waals surface area (Å²) >= 11 is 0. The molecule has 0 radical (unpaired) electrons.